The summed E-state index contributed by atoms with van der Waals surface area (Å²) in [6, 6.07) is 6.60. The first kappa shape index (κ1) is 11.5. The van der Waals surface area contributed by atoms with E-state index in [0.717, 1.165) is 5.69 Å². The zero-order valence-corrected chi connectivity index (χ0v) is 10.8. The van der Waals surface area contributed by atoms with Crippen LogP contribution in [0.1, 0.15) is 38.3 Å². The number of hydrogen-bond donors (Lipinski definition) is 1. The molecule has 0 bridgehead atoms. The highest BCUT2D eigenvalue weighted by atomic mass is 15.4. The van der Waals surface area contributed by atoms with Crippen LogP contribution in [-0.4, -0.2) is 28.4 Å². The molecule has 1 saturated carbocycles. The Kier molecular flexibility index (Phi) is 2.73. The Hall–Kier alpha value is -1.58. The van der Waals surface area contributed by atoms with E-state index >= 15 is 0 Å². The van der Waals surface area contributed by atoms with Gasteiger partial charge in [-0.2, -0.15) is 0 Å². The minimum atomic E-state index is -0.166. The summed E-state index contributed by atoms with van der Waals surface area (Å²) < 4.78 is 0. The molecule has 4 heteroatoms. The van der Waals surface area contributed by atoms with Gasteiger partial charge >= 0.3 is 0 Å². The van der Waals surface area contributed by atoms with Crippen LogP contribution < -0.4 is 5.73 Å². The Balaban J connectivity index is 1.96. The van der Waals surface area contributed by atoms with Crippen molar-refractivity contribution in [1.82, 2.24) is 9.88 Å². The van der Waals surface area contributed by atoms with E-state index in [1.807, 2.05) is 18.3 Å². The summed E-state index contributed by atoms with van der Waals surface area (Å²) in [6.45, 7) is 2.92. The second-order valence-corrected chi connectivity index (χ2v) is 5.47. The Labute approximate surface area is 108 Å². The summed E-state index contributed by atoms with van der Waals surface area (Å²) >= 11 is 0. The Morgan fingerprint density at radius 3 is 2.78 bits per heavy atom. The number of aromatic nitrogens is 1. The lowest BCUT2D eigenvalue weighted by atomic mass is 9.94. The van der Waals surface area contributed by atoms with Crippen molar-refractivity contribution in [2.45, 2.75) is 44.2 Å². The summed E-state index contributed by atoms with van der Waals surface area (Å²) in [5, 5.41) is 0. The normalized spacial score (nSPS) is 28.7. The first-order chi connectivity index (χ1) is 8.72. The third kappa shape index (κ3) is 1.67. The van der Waals surface area contributed by atoms with Gasteiger partial charge in [0.15, 0.2) is 5.96 Å². The minimum absolute atomic E-state index is 0.166. The van der Waals surface area contributed by atoms with Crippen molar-refractivity contribution < 1.29 is 0 Å². The standard InChI is InChI=1S/C14H20N4/c1-14(12-8-4-5-9-16-12)10-17-13(15)18(14)11-6-2-3-7-11/h4-5,8-9,11H,2-3,6-7,10H2,1H3,(H2,15,17). The maximum Gasteiger partial charge on any atom is 0.192 e. The van der Waals surface area contributed by atoms with Gasteiger partial charge in [0.05, 0.1) is 12.2 Å². The van der Waals surface area contributed by atoms with Crippen LogP contribution in [0, 0.1) is 0 Å². The summed E-state index contributed by atoms with van der Waals surface area (Å²) in [6.07, 6.45) is 6.89. The van der Waals surface area contributed by atoms with E-state index in [1.165, 1.54) is 25.7 Å². The molecule has 3 rings (SSSR count). The lowest BCUT2D eigenvalue weighted by Crippen LogP contribution is -2.52. The van der Waals surface area contributed by atoms with Gasteiger partial charge in [0.2, 0.25) is 0 Å². The fourth-order valence-electron chi connectivity index (χ4n) is 3.28. The number of aliphatic imine (C=N–C) groups is 1. The van der Waals surface area contributed by atoms with E-state index in [1.54, 1.807) is 0 Å². The van der Waals surface area contributed by atoms with Crippen LogP contribution in [-0.2, 0) is 5.54 Å². The highest BCUT2D eigenvalue weighted by Crippen LogP contribution is 2.37. The fraction of sp³-hybridized carbons (Fsp3) is 0.571. The van der Waals surface area contributed by atoms with Gasteiger partial charge < -0.3 is 10.6 Å². The Morgan fingerprint density at radius 1 is 1.33 bits per heavy atom. The lowest BCUT2D eigenvalue weighted by molar-refractivity contribution is 0.162. The average molecular weight is 244 g/mol. The third-order valence-electron chi connectivity index (χ3n) is 4.23. The van der Waals surface area contributed by atoms with Gasteiger partial charge in [0.1, 0.15) is 5.54 Å². The Morgan fingerprint density at radius 2 is 2.11 bits per heavy atom. The molecule has 0 saturated heterocycles. The molecule has 2 aliphatic rings. The molecule has 1 aliphatic carbocycles. The van der Waals surface area contributed by atoms with E-state index < -0.39 is 0 Å². The molecule has 0 amide bonds. The van der Waals surface area contributed by atoms with E-state index in [4.69, 9.17) is 5.73 Å². The van der Waals surface area contributed by atoms with Crippen LogP contribution in [0.4, 0.5) is 0 Å². The fourth-order valence-corrected chi connectivity index (χ4v) is 3.28. The molecule has 1 aromatic heterocycles. The molecule has 1 atom stereocenters. The first-order valence-corrected chi connectivity index (χ1v) is 6.72. The van der Waals surface area contributed by atoms with Crippen LogP contribution in [0.3, 0.4) is 0 Å². The van der Waals surface area contributed by atoms with E-state index in [-0.39, 0.29) is 5.54 Å². The second kappa shape index (κ2) is 4.26. The molecule has 1 unspecified atom stereocenters. The van der Waals surface area contributed by atoms with Crippen molar-refractivity contribution >= 4 is 5.96 Å². The maximum atomic E-state index is 6.12. The topological polar surface area (TPSA) is 54.5 Å². The highest BCUT2D eigenvalue weighted by molar-refractivity contribution is 5.81. The summed E-state index contributed by atoms with van der Waals surface area (Å²) in [5.41, 5.74) is 7.02. The molecule has 0 aromatic carbocycles. The number of rotatable bonds is 2. The van der Waals surface area contributed by atoms with Crippen LogP contribution >= 0.6 is 0 Å². The largest absolute Gasteiger partial charge is 0.370 e. The van der Waals surface area contributed by atoms with Gasteiger partial charge in [-0.05, 0) is 31.9 Å². The predicted molar refractivity (Wildman–Crippen MR) is 72.2 cm³/mol. The van der Waals surface area contributed by atoms with Crippen LogP contribution in [0.25, 0.3) is 0 Å². The van der Waals surface area contributed by atoms with E-state index in [9.17, 15) is 0 Å². The van der Waals surface area contributed by atoms with Gasteiger partial charge in [-0.15, -0.1) is 0 Å². The molecule has 18 heavy (non-hydrogen) atoms. The van der Waals surface area contributed by atoms with Gasteiger partial charge in [-0.1, -0.05) is 18.9 Å². The molecule has 2 N–H and O–H groups in total. The smallest absolute Gasteiger partial charge is 0.192 e. The van der Waals surface area contributed by atoms with Crippen molar-refractivity contribution in [2.75, 3.05) is 6.54 Å². The minimum Gasteiger partial charge on any atom is -0.370 e. The second-order valence-electron chi connectivity index (χ2n) is 5.47. The summed E-state index contributed by atoms with van der Waals surface area (Å²) in [7, 11) is 0. The number of hydrogen-bond acceptors (Lipinski definition) is 4. The number of nitrogens with zero attached hydrogens (tertiary/aromatic N) is 3. The van der Waals surface area contributed by atoms with E-state index in [2.05, 4.69) is 27.9 Å². The SMILES string of the molecule is CC1(c2ccccn2)CN=C(N)N1C1CCCC1. The summed E-state index contributed by atoms with van der Waals surface area (Å²) in [4.78, 5) is 11.3. The average Bonchev–Trinajstić information content (AvgIpc) is 3.00. The quantitative estimate of drug-likeness (QED) is 0.864. The highest BCUT2D eigenvalue weighted by Gasteiger charge is 2.44. The number of pyridine rings is 1. The van der Waals surface area contributed by atoms with Crippen molar-refractivity contribution in [3.05, 3.63) is 30.1 Å². The lowest BCUT2D eigenvalue weighted by Gasteiger charge is -2.40. The molecule has 1 aliphatic heterocycles. The van der Waals surface area contributed by atoms with Crippen molar-refractivity contribution in [3.8, 4) is 0 Å². The van der Waals surface area contributed by atoms with Crippen molar-refractivity contribution in [2.24, 2.45) is 10.7 Å². The van der Waals surface area contributed by atoms with Gasteiger partial charge in [-0.25, -0.2) is 0 Å². The zero-order valence-electron chi connectivity index (χ0n) is 10.8. The maximum absolute atomic E-state index is 6.12. The zero-order chi connectivity index (χ0) is 12.6. The van der Waals surface area contributed by atoms with Gasteiger partial charge in [-0.3, -0.25) is 9.98 Å². The third-order valence-corrected chi connectivity index (χ3v) is 4.23. The molecular weight excluding hydrogens is 224 g/mol. The molecule has 2 heterocycles. The van der Waals surface area contributed by atoms with Gasteiger partial charge in [0, 0.05) is 12.2 Å². The van der Waals surface area contributed by atoms with Crippen molar-refractivity contribution in [1.29, 1.82) is 0 Å². The van der Waals surface area contributed by atoms with Crippen LogP contribution in [0.2, 0.25) is 0 Å². The number of guanidine groups is 1. The first-order valence-electron chi connectivity index (χ1n) is 6.72. The van der Waals surface area contributed by atoms with Crippen LogP contribution in [0.5, 0.6) is 0 Å². The van der Waals surface area contributed by atoms with Crippen LogP contribution in [0.15, 0.2) is 29.4 Å². The predicted octanol–water partition coefficient (Wildman–Crippen LogP) is 1.87. The molecule has 0 radical (unpaired) electrons. The molecule has 1 aromatic rings. The van der Waals surface area contributed by atoms with Gasteiger partial charge in [0.25, 0.3) is 0 Å². The molecule has 0 spiro atoms. The molecule has 4 nitrogen and oxygen atoms in total. The Bertz CT molecular complexity index is 450. The summed E-state index contributed by atoms with van der Waals surface area (Å²) in [5.74, 6) is 0.690. The molecular formula is C14H20N4. The molecule has 1 fully saturated rings. The molecule has 96 valence electrons. The number of nitrogens with two attached hydrogens (primary N) is 1. The van der Waals surface area contributed by atoms with E-state index in [0.29, 0.717) is 18.5 Å². The monoisotopic (exact) mass is 244 g/mol. The van der Waals surface area contributed by atoms with Crippen molar-refractivity contribution in [3.63, 3.8) is 0 Å².